The van der Waals surface area contributed by atoms with Crippen LogP contribution in [-0.4, -0.2) is 17.7 Å². The number of rotatable bonds is 5. The van der Waals surface area contributed by atoms with Crippen LogP contribution in [0.1, 0.15) is 25.0 Å². The van der Waals surface area contributed by atoms with E-state index in [0.29, 0.717) is 26.5 Å². The van der Waals surface area contributed by atoms with Gasteiger partial charge in [0.25, 0.3) is 5.91 Å². The number of halogens is 3. The Labute approximate surface area is 161 Å². The second-order valence-corrected chi connectivity index (χ2v) is 6.72. The van der Waals surface area contributed by atoms with Gasteiger partial charge in [-0.3, -0.25) is 4.79 Å². The van der Waals surface area contributed by atoms with E-state index >= 15 is 0 Å². The third-order valence-electron chi connectivity index (χ3n) is 3.48. The highest BCUT2D eigenvalue weighted by Crippen LogP contribution is 2.23. The molecular formula is C18H17Cl3N2O2. The van der Waals surface area contributed by atoms with Crippen molar-refractivity contribution in [1.82, 2.24) is 5.43 Å². The average molecular weight is 400 g/mol. The minimum atomic E-state index is -0.717. The van der Waals surface area contributed by atoms with Gasteiger partial charge in [-0.05, 0) is 62.2 Å². The van der Waals surface area contributed by atoms with Gasteiger partial charge in [0.15, 0.2) is 6.10 Å². The van der Waals surface area contributed by atoms with Crippen LogP contribution < -0.4 is 10.2 Å². The maximum atomic E-state index is 12.2. The van der Waals surface area contributed by atoms with Gasteiger partial charge in [0.1, 0.15) is 5.75 Å². The highest BCUT2D eigenvalue weighted by molar-refractivity contribution is 6.42. The van der Waals surface area contributed by atoms with E-state index in [0.717, 1.165) is 11.1 Å². The van der Waals surface area contributed by atoms with Crippen molar-refractivity contribution >= 4 is 46.4 Å². The van der Waals surface area contributed by atoms with Crippen molar-refractivity contribution in [3.8, 4) is 5.75 Å². The number of ether oxygens (including phenoxy) is 1. The fraction of sp³-hybridized carbons (Fsp3) is 0.222. The molecule has 1 amide bonds. The zero-order valence-corrected chi connectivity index (χ0v) is 16.2. The maximum absolute atomic E-state index is 12.2. The molecule has 0 aliphatic rings. The van der Waals surface area contributed by atoms with Gasteiger partial charge >= 0.3 is 0 Å². The molecule has 0 bridgehead atoms. The fourth-order valence-electron chi connectivity index (χ4n) is 2.00. The molecule has 2 rings (SSSR count). The lowest BCUT2D eigenvalue weighted by atomic mass is 10.1. The van der Waals surface area contributed by atoms with E-state index < -0.39 is 6.10 Å². The van der Waals surface area contributed by atoms with Crippen LogP contribution in [0.25, 0.3) is 0 Å². The van der Waals surface area contributed by atoms with E-state index in [9.17, 15) is 4.79 Å². The van der Waals surface area contributed by atoms with Crippen LogP contribution in [0.2, 0.25) is 15.1 Å². The molecule has 0 aliphatic heterocycles. The van der Waals surface area contributed by atoms with Crippen LogP contribution in [0.4, 0.5) is 0 Å². The Bertz CT molecular complexity index is 822. The molecule has 1 atom stereocenters. The summed E-state index contributed by atoms with van der Waals surface area (Å²) in [5.74, 6) is 0.228. The van der Waals surface area contributed by atoms with Gasteiger partial charge in [-0.25, -0.2) is 5.43 Å². The van der Waals surface area contributed by atoms with Crippen LogP contribution in [0, 0.1) is 6.92 Å². The predicted octanol–water partition coefficient (Wildman–Crippen LogP) is 5.26. The molecule has 2 aromatic carbocycles. The molecule has 0 heterocycles. The number of hydrazone groups is 1. The number of amides is 1. The third-order valence-corrected chi connectivity index (χ3v) is 4.46. The van der Waals surface area contributed by atoms with Crippen molar-refractivity contribution in [3.05, 3.63) is 62.6 Å². The molecular weight excluding hydrogens is 383 g/mol. The summed E-state index contributed by atoms with van der Waals surface area (Å²) in [7, 11) is 0. The first kappa shape index (κ1) is 19.6. The first-order valence-corrected chi connectivity index (χ1v) is 8.63. The first-order valence-electron chi connectivity index (χ1n) is 7.50. The Morgan fingerprint density at radius 1 is 1.12 bits per heavy atom. The summed E-state index contributed by atoms with van der Waals surface area (Å²) < 4.78 is 5.66. The Hall–Kier alpha value is -1.75. The summed E-state index contributed by atoms with van der Waals surface area (Å²) in [6.45, 7) is 5.26. The number of carbonyl (C=O) groups is 1. The molecule has 7 heteroatoms. The lowest BCUT2D eigenvalue weighted by molar-refractivity contribution is -0.127. The molecule has 0 saturated heterocycles. The topological polar surface area (TPSA) is 50.7 Å². The molecule has 132 valence electrons. The van der Waals surface area contributed by atoms with Gasteiger partial charge in [0, 0.05) is 5.02 Å². The standard InChI is InChI=1S/C18H17Cl3N2O2/c1-10-8-14(19)5-7-17(10)25-12(3)18(24)23-22-11(2)13-4-6-15(20)16(21)9-13/h4-9,12H,1-3H3,(H,23,24)/b22-11+. The van der Waals surface area contributed by atoms with Crippen molar-refractivity contribution < 1.29 is 9.53 Å². The highest BCUT2D eigenvalue weighted by Gasteiger charge is 2.15. The van der Waals surface area contributed by atoms with Crippen molar-refractivity contribution in [3.63, 3.8) is 0 Å². The molecule has 1 unspecified atom stereocenters. The first-order chi connectivity index (χ1) is 11.8. The molecule has 4 nitrogen and oxygen atoms in total. The molecule has 0 saturated carbocycles. The molecule has 0 aromatic heterocycles. The lowest BCUT2D eigenvalue weighted by Crippen LogP contribution is -2.34. The number of nitrogens with one attached hydrogen (secondary N) is 1. The number of carbonyl (C=O) groups excluding carboxylic acids is 1. The van der Waals surface area contributed by atoms with Crippen LogP contribution in [-0.2, 0) is 4.79 Å². The molecule has 0 radical (unpaired) electrons. The second-order valence-electron chi connectivity index (χ2n) is 5.47. The minimum absolute atomic E-state index is 0.367. The van der Waals surface area contributed by atoms with E-state index in [-0.39, 0.29) is 5.91 Å². The lowest BCUT2D eigenvalue weighted by Gasteiger charge is -2.15. The molecule has 2 aromatic rings. The van der Waals surface area contributed by atoms with E-state index in [4.69, 9.17) is 39.5 Å². The van der Waals surface area contributed by atoms with Gasteiger partial charge < -0.3 is 4.74 Å². The fourth-order valence-corrected chi connectivity index (χ4v) is 2.53. The van der Waals surface area contributed by atoms with E-state index in [2.05, 4.69) is 10.5 Å². The minimum Gasteiger partial charge on any atom is -0.481 e. The maximum Gasteiger partial charge on any atom is 0.280 e. The van der Waals surface area contributed by atoms with Crippen LogP contribution >= 0.6 is 34.8 Å². The zero-order valence-electron chi connectivity index (χ0n) is 13.9. The molecule has 0 aliphatic carbocycles. The predicted molar refractivity (Wildman–Crippen MR) is 103 cm³/mol. The molecule has 1 N–H and O–H groups in total. The Morgan fingerprint density at radius 2 is 1.84 bits per heavy atom. The number of nitrogens with zero attached hydrogens (tertiary/aromatic N) is 1. The van der Waals surface area contributed by atoms with E-state index in [1.807, 2.05) is 6.92 Å². The summed E-state index contributed by atoms with van der Waals surface area (Å²) in [5.41, 5.74) is 4.70. The Kier molecular flexibility index (Phi) is 6.71. The summed E-state index contributed by atoms with van der Waals surface area (Å²) in [6.07, 6.45) is -0.717. The van der Waals surface area contributed by atoms with Gasteiger partial charge in [0.2, 0.25) is 0 Å². The smallest absolute Gasteiger partial charge is 0.280 e. The van der Waals surface area contributed by atoms with Gasteiger partial charge in [-0.1, -0.05) is 40.9 Å². The molecule has 0 spiro atoms. The zero-order chi connectivity index (χ0) is 18.6. The van der Waals surface area contributed by atoms with E-state index in [1.165, 1.54) is 0 Å². The van der Waals surface area contributed by atoms with Crippen molar-refractivity contribution in [2.75, 3.05) is 0 Å². The summed E-state index contributed by atoms with van der Waals surface area (Å²) in [4.78, 5) is 12.2. The monoisotopic (exact) mass is 398 g/mol. The SMILES string of the molecule is C/C(=N\NC(=O)C(C)Oc1ccc(Cl)cc1C)c1ccc(Cl)c(Cl)c1. The van der Waals surface area contributed by atoms with Crippen molar-refractivity contribution in [2.45, 2.75) is 26.9 Å². The summed E-state index contributed by atoms with van der Waals surface area (Å²) in [5, 5.41) is 5.58. The second kappa shape index (κ2) is 8.56. The van der Waals surface area contributed by atoms with Crippen molar-refractivity contribution in [2.24, 2.45) is 5.10 Å². The van der Waals surface area contributed by atoms with Crippen LogP contribution in [0.15, 0.2) is 41.5 Å². The van der Waals surface area contributed by atoms with Gasteiger partial charge in [-0.15, -0.1) is 0 Å². The van der Waals surface area contributed by atoms with Gasteiger partial charge in [0.05, 0.1) is 15.8 Å². The van der Waals surface area contributed by atoms with Crippen LogP contribution in [0.3, 0.4) is 0 Å². The Balaban J connectivity index is 2.01. The average Bonchev–Trinajstić information content (AvgIpc) is 2.57. The summed E-state index contributed by atoms with van der Waals surface area (Å²) in [6, 6.07) is 10.3. The third kappa shape index (κ3) is 5.36. The number of benzene rings is 2. The van der Waals surface area contributed by atoms with Gasteiger partial charge in [-0.2, -0.15) is 5.10 Å². The normalized spacial score (nSPS) is 12.6. The Morgan fingerprint density at radius 3 is 2.48 bits per heavy atom. The van der Waals surface area contributed by atoms with Crippen LogP contribution in [0.5, 0.6) is 5.75 Å². The number of aryl methyl sites for hydroxylation is 1. The molecule has 25 heavy (non-hydrogen) atoms. The van der Waals surface area contributed by atoms with E-state index in [1.54, 1.807) is 50.2 Å². The highest BCUT2D eigenvalue weighted by atomic mass is 35.5. The largest absolute Gasteiger partial charge is 0.481 e. The molecule has 0 fully saturated rings. The van der Waals surface area contributed by atoms with Crippen molar-refractivity contribution in [1.29, 1.82) is 0 Å². The number of hydrogen-bond acceptors (Lipinski definition) is 3. The quantitative estimate of drug-likeness (QED) is 0.550. The number of hydrogen-bond donors (Lipinski definition) is 1. The summed E-state index contributed by atoms with van der Waals surface area (Å²) >= 11 is 17.8.